The first-order chi connectivity index (χ1) is 9.93. The van der Waals surface area contributed by atoms with Gasteiger partial charge in [0.1, 0.15) is 0 Å². The lowest BCUT2D eigenvalue weighted by molar-refractivity contribution is -0.144. The molecule has 0 heterocycles. The number of nitrogens with one attached hydrogen (secondary N) is 1. The maximum atomic E-state index is 10.9. The highest BCUT2D eigenvalue weighted by atomic mass is 16.4. The van der Waals surface area contributed by atoms with Crippen LogP contribution in [-0.2, 0) is 4.79 Å². The van der Waals surface area contributed by atoms with Crippen molar-refractivity contribution < 1.29 is 20.1 Å². The number of carboxylic acids is 1. The maximum absolute atomic E-state index is 10.9. The van der Waals surface area contributed by atoms with Crippen molar-refractivity contribution >= 4 is 5.97 Å². The average Bonchev–Trinajstić information content (AvgIpc) is 2.64. The summed E-state index contributed by atoms with van der Waals surface area (Å²) in [5.41, 5.74) is -1.45. The van der Waals surface area contributed by atoms with Crippen LogP contribution in [0, 0.1) is 5.92 Å². The summed E-state index contributed by atoms with van der Waals surface area (Å²) in [6.07, 6.45) is 8.33. The summed E-state index contributed by atoms with van der Waals surface area (Å²) in [6, 6.07) is 0. The Morgan fingerprint density at radius 1 is 0.905 bits per heavy atom. The van der Waals surface area contributed by atoms with Crippen LogP contribution in [-0.4, -0.2) is 45.6 Å². The quantitative estimate of drug-likeness (QED) is 0.580. The molecule has 0 saturated heterocycles. The molecule has 0 aromatic heterocycles. The van der Waals surface area contributed by atoms with Gasteiger partial charge in [0.25, 0.3) is 0 Å². The summed E-state index contributed by atoms with van der Waals surface area (Å²) in [4.78, 5) is 10.9. The molecule has 2 saturated carbocycles. The van der Waals surface area contributed by atoms with E-state index in [0.717, 1.165) is 25.7 Å². The number of hydrogen-bond donors (Lipinski definition) is 4. The molecule has 0 amide bonds. The second-order valence-electron chi connectivity index (χ2n) is 7.08. The summed E-state index contributed by atoms with van der Waals surface area (Å²) in [5.74, 6) is -1.06. The van der Waals surface area contributed by atoms with Crippen LogP contribution in [0.1, 0.15) is 64.2 Å². The van der Waals surface area contributed by atoms with E-state index in [1.807, 2.05) is 0 Å². The third-order valence-electron chi connectivity index (χ3n) is 5.21. The number of aliphatic carboxylic acids is 1. The highest BCUT2D eigenvalue weighted by Crippen LogP contribution is 2.32. The van der Waals surface area contributed by atoms with E-state index in [9.17, 15) is 15.0 Å². The number of rotatable bonds is 5. The van der Waals surface area contributed by atoms with E-state index in [2.05, 4.69) is 5.32 Å². The summed E-state index contributed by atoms with van der Waals surface area (Å²) >= 11 is 0. The van der Waals surface area contributed by atoms with E-state index in [1.54, 1.807) is 0 Å². The molecule has 0 atom stereocenters. The number of hydrogen-bond acceptors (Lipinski definition) is 4. The SMILES string of the molecule is O=C(O)C1CCC(O)(CNCC2(O)CCCCCC2)CC1. The van der Waals surface area contributed by atoms with E-state index in [0.29, 0.717) is 38.8 Å². The van der Waals surface area contributed by atoms with Crippen molar-refractivity contribution in [1.82, 2.24) is 5.32 Å². The zero-order chi connectivity index (χ0) is 15.3. The first kappa shape index (κ1) is 16.7. The monoisotopic (exact) mass is 299 g/mol. The van der Waals surface area contributed by atoms with Gasteiger partial charge in [0.05, 0.1) is 17.1 Å². The van der Waals surface area contributed by atoms with Crippen molar-refractivity contribution in [3.05, 3.63) is 0 Å². The van der Waals surface area contributed by atoms with E-state index in [-0.39, 0.29) is 5.92 Å². The third kappa shape index (κ3) is 4.94. The smallest absolute Gasteiger partial charge is 0.306 e. The molecule has 0 aliphatic heterocycles. The predicted octanol–water partition coefficient (Wildman–Crippen LogP) is 1.67. The largest absolute Gasteiger partial charge is 0.481 e. The molecule has 2 aliphatic carbocycles. The lowest BCUT2D eigenvalue weighted by Gasteiger charge is -2.36. The van der Waals surface area contributed by atoms with Gasteiger partial charge in [-0.3, -0.25) is 4.79 Å². The van der Waals surface area contributed by atoms with Gasteiger partial charge in [0, 0.05) is 13.1 Å². The van der Waals surface area contributed by atoms with Gasteiger partial charge in [-0.25, -0.2) is 0 Å². The molecule has 21 heavy (non-hydrogen) atoms. The molecule has 2 fully saturated rings. The number of carboxylic acid groups (broad SMARTS) is 1. The molecule has 0 spiro atoms. The summed E-state index contributed by atoms with van der Waals surface area (Å²) < 4.78 is 0. The van der Waals surface area contributed by atoms with Gasteiger partial charge >= 0.3 is 5.97 Å². The van der Waals surface area contributed by atoms with E-state index in [4.69, 9.17) is 5.11 Å². The van der Waals surface area contributed by atoms with Crippen molar-refractivity contribution in [3.63, 3.8) is 0 Å². The van der Waals surface area contributed by atoms with E-state index in [1.165, 1.54) is 12.8 Å². The van der Waals surface area contributed by atoms with Crippen LogP contribution in [0.4, 0.5) is 0 Å². The lowest BCUT2D eigenvalue weighted by Crippen LogP contribution is -2.49. The molecule has 0 aromatic rings. The van der Waals surface area contributed by atoms with Crippen molar-refractivity contribution in [2.45, 2.75) is 75.4 Å². The fourth-order valence-corrected chi connectivity index (χ4v) is 3.67. The lowest BCUT2D eigenvalue weighted by atomic mass is 9.78. The first-order valence-corrected chi connectivity index (χ1v) is 8.31. The number of carbonyl (C=O) groups is 1. The summed E-state index contributed by atoms with van der Waals surface area (Å²) in [7, 11) is 0. The maximum Gasteiger partial charge on any atom is 0.306 e. The van der Waals surface area contributed by atoms with Crippen molar-refractivity contribution in [2.75, 3.05) is 13.1 Å². The Balaban J connectivity index is 1.74. The molecule has 0 radical (unpaired) electrons. The topological polar surface area (TPSA) is 89.8 Å². The van der Waals surface area contributed by atoms with Crippen molar-refractivity contribution in [1.29, 1.82) is 0 Å². The van der Waals surface area contributed by atoms with Crippen LogP contribution in [0.5, 0.6) is 0 Å². The molecule has 2 aliphatic rings. The van der Waals surface area contributed by atoms with Crippen LogP contribution >= 0.6 is 0 Å². The van der Waals surface area contributed by atoms with Gasteiger partial charge < -0.3 is 20.6 Å². The van der Waals surface area contributed by atoms with Crippen LogP contribution < -0.4 is 5.32 Å². The minimum absolute atomic E-state index is 0.309. The first-order valence-electron chi connectivity index (χ1n) is 8.31. The Morgan fingerprint density at radius 2 is 1.38 bits per heavy atom. The normalized spacial score (nSPS) is 33.3. The van der Waals surface area contributed by atoms with Gasteiger partial charge in [-0.2, -0.15) is 0 Å². The molecule has 0 aromatic carbocycles. The molecule has 0 unspecified atom stereocenters. The Morgan fingerprint density at radius 3 is 1.86 bits per heavy atom. The highest BCUT2D eigenvalue weighted by Gasteiger charge is 2.36. The average molecular weight is 299 g/mol. The molecule has 122 valence electrons. The zero-order valence-corrected chi connectivity index (χ0v) is 12.8. The molecular formula is C16H29NO4. The number of aliphatic hydroxyl groups is 2. The Hall–Kier alpha value is -0.650. The fourth-order valence-electron chi connectivity index (χ4n) is 3.67. The molecule has 4 N–H and O–H groups in total. The minimum Gasteiger partial charge on any atom is -0.481 e. The summed E-state index contributed by atoms with van der Waals surface area (Å²) in [6.45, 7) is 0.972. The fraction of sp³-hybridized carbons (Fsp3) is 0.938. The molecule has 5 heteroatoms. The molecule has 2 rings (SSSR count). The van der Waals surface area contributed by atoms with Crippen LogP contribution in [0.25, 0.3) is 0 Å². The van der Waals surface area contributed by atoms with Crippen LogP contribution in [0.15, 0.2) is 0 Å². The minimum atomic E-state index is -0.812. The van der Waals surface area contributed by atoms with Crippen molar-refractivity contribution in [3.8, 4) is 0 Å². The summed E-state index contributed by atoms with van der Waals surface area (Å²) in [5, 5.41) is 33.3. The van der Waals surface area contributed by atoms with E-state index < -0.39 is 17.2 Å². The van der Waals surface area contributed by atoms with Gasteiger partial charge in [-0.1, -0.05) is 25.7 Å². The van der Waals surface area contributed by atoms with Crippen LogP contribution in [0.3, 0.4) is 0 Å². The van der Waals surface area contributed by atoms with Crippen LogP contribution in [0.2, 0.25) is 0 Å². The Kier molecular flexibility index (Phi) is 5.63. The van der Waals surface area contributed by atoms with E-state index >= 15 is 0 Å². The predicted molar refractivity (Wildman–Crippen MR) is 80.1 cm³/mol. The third-order valence-corrected chi connectivity index (χ3v) is 5.21. The van der Waals surface area contributed by atoms with Gasteiger partial charge in [0.15, 0.2) is 0 Å². The molecule has 5 nitrogen and oxygen atoms in total. The second kappa shape index (κ2) is 7.07. The standard InChI is InChI=1S/C16H29NO4/c18-14(19)13-5-9-16(21,10-6-13)12-17-11-15(20)7-3-1-2-4-8-15/h13,17,20-21H,1-12H2,(H,18,19). The Bertz CT molecular complexity index is 342. The van der Waals surface area contributed by atoms with Crippen molar-refractivity contribution in [2.24, 2.45) is 5.92 Å². The Labute approximate surface area is 126 Å². The van der Waals surface area contributed by atoms with Gasteiger partial charge in [-0.15, -0.1) is 0 Å². The molecular weight excluding hydrogens is 270 g/mol. The second-order valence-corrected chi connectivity index (χ2v) is 7.08. The van der Waals surface area contributed by atoms with Gasteiger partial charge in [0.2, 0.25) is 0 Å². The highest BCUT2D eigenvalue weighted by molar-refractivity contribution is 5.70. The molecule has 0 bridgehead atoms. The zero-order valence-electron chi connectivity index (χ0n) is 12.8. The van der Waals surface area contributed by atoms with Gasteiger partial charge in [-0.05, 0) is 38.5 Å².